The van der Waals surface area contributed by atoms with Gasteiger partial charge in [-0.15, -0.1) is 0 Å². The maximum atomic E-state index is 9.13. The highest BCUT2D eigenvalue weighted by atomic mass is 15.1. The first kappa shape index (κ1) is 11.9. The average molecular weight is 229 g/mol. The zero-order valence-electron chi connectivity index (χ0n) is 10.6. The number of hydrogen-bond donors (Lipinski definition) is 0. The Labute approximate surface area is 103 Å². The Hall–Kier alpha value is -1.56. The predicted octanol–water partition coefficient (Wildman–Crippen LogP) is 2.97. The first-order valence-electron chi connectivity index (χ1n) is 6.31. The first-order chi connectivity index (χ1) is 8.24. The lowest BCUT2D eigenvalue weighted by Gasteiger charge is -2.37. The molecule has 1 heterocycles. The zero-order chi connectivity index (χ0) is 12.3. The molecule has 1 aliphatic rings. The third kappa shape index (κ3) is 2.41. The minimum Gasteiger partial charge on any atom is -0.369 e. The van der Waals surface area contributed by atoms with Gasteiger partial charge in [0.25, 0.3) is 0 Å². The van der Waals surface area contributed by atoms with Crippen LogP contribution in [0.25, 0.3) is 0 Å². The maximum absolute atomic E-state index is 9.13. The zero-order valence-corrected chi connectivity index (χ0v) is 10.6. The molecule has 3 nitrogen and oxygen atoms in total. The van der Waals surface area contributed by atoms with Crippen molar-refractivity contribution < 1.29 is 0 Å². The van der Waals surface area contributed by atoms with E-state index >= 15 is 0 Å². The molecule has 0 saturated heterocycles. The normalized spacial score (nSPS) is 24.1. The predicted molar refractivity (Wildman–Crippen MR) is 68.8 cm³/mol. The Kier molecular flexibility index (Phi) is 3.63. The summed E-state index contributed by atoms with van der Waals surface area (Å²) in [4.78, 5) is 6.39. The summed E-state index contributed by atoms with van der Waals surface area (Å²) in [6.45, 7) is 2.31. The molecule has 0 radical (unpaired) electrons. The van der Waals surface area contributed by atoms with E-state index in [0.717, 1.165) is 11.3 Å². The van der Waals surface area contributed by atoms with Crippen LogP contribution in [0.5, 0.6) is 0 Å². The summed E-state index contributed by atoms with van der Waals surface area (Å²) >= 11 is 0. The van der Waals surface area contributed by atoms with Crippen molar-refractivity contribution in [1.29, 1.82) is 5.26 Å². The maximum Gasteiger partial charge on any atom is 0.101 e. The van der Waals surface area contributed by atoms with Gasteiger partial charge in [-0.3, -0.25) is 4.98 Å². The van der Waals surface area contributed by atoms with Gasteiger partial charge in [-0.2, -0.15) is 5.26 Å². The number of nitrogens with zero attached hydrogens (tertiary/aromatic N) is 3. The third-order valence-corrected chi connectivity index (χ3v) is 3.86. The number of aromatic nitrogens is 1. The molecular formula is C14H19N3. The van der Waals surface area contributed by atoms with Crippen molar-refractivity contribution in [3.8, 4) is 6.07 Å². The van der Waals surface area contributed by atoms with E-state index in [9.17, 15) is 0 Å². The lowest BCUT2D eigenvalue weighted by molar-refractivity contribution is 0.321. The van der Waals surface area contributed by atoms with Gasteiger partial charge >= 0.3 is 0 Å². The summed E-state index contributed by atoms with van der Waals surface area (Å²) in [5.74, 6) is 0.695. The van der Waals surface area contributed by atoms with Crippen LogP contribution in [0.4, 0.5) is 5.69 Å². The van der Waals surface area contributed by atoms with Gasteiger partial charge in [-0.1, -0.05) is 19.8 Å². The fourth-order valence-electron chi connectivity index (χ4n) is 2.81. The van der Waals surface area contributed by atoms with E-state index in [2.05, 4.69) is 29.9 Å². The van der Waals surface area contributed by atoms with Crippen molar-refractivity contribution in [2.24, 2.45) is 5.92 Å². The Morgan fingerprint density at radius 2 is 2.18 bits per heavy atom. The minimum atomic E-state index is 0.542. The Bertz CT molecular complexity index is 422. The van der Waals surface area contributed by atoms with Gasteiger partial charge in [-0.25, -0.2) is 0 Å². The second kappa shape index (κ2) is 5.18. The largest absolute Gasteiger partial charge is 0.369 e. The smallest absolute Gasteiger partial charge is 0.101 e. The van der Waals surface area contributed by atoms with Crippen LogP contribution in [0.3, 0.4) is 0 Å². The van der Waals surface area contributed by atoms with Gasteiger partial charge in [0, 0.05) is 19.3 Å². The molecular weight excluding hydrogens is 210 g/mol. The van der Waals surface area contributed by atoms with Crippen molar-refractivity contribution in [3.63, 3.8) is 0 Å². The highest BCUT2D eigenvalue weighted by Crippen LogP contribution is 2.31. The summed E-state index contributed by atoms with van der Waals surface area (Å²) in [7, 11) is 2.09. The van der Waals surface area contributed by atoms with Crippen molar-refractivity contribution in [3.05, 3.63) is 24.0 Å². The second-order valence-corrected chi connectivity index (χ2v) is 4.94. The van der Waals surface area contributed by atoms with Crippen molar-refractivity contribution in [2.45, 2.75) is 38.6 Å². The van der Waals surface area contributed by atoms with Crippen LogP contribution < -0.4 is 4.90 Å². The molecule has 0 amide bonds. The molecule has 0 bridgehead atoms. The summed E-state index contributed by atoms with van der Waals surface area (Å²) in [6.07, 6.45) is 8.62. The fourth-order valence-corrected chi connectivity index (χ4v) is 2.81. The van der Waals surface area contributed by atoms with Gasteiger partial charge in [0.05, 0.1) is 17.4 Å². The molecule has 0 spiro atoms. The molecule has 3 heteroatoms. The fraction of sp³-hybridized carbons (Fsp3) is 0.571. The van der Waals surface area contributed by atoms with E-state index in [1.807, 2.05) is 0 Å². The SMILES string of the molecule is CC1CCCCC1N(C)c1cnccc1C#N. The Morgan fingerprint density at radius 1 is 1.41 bits per heavy atom. The van der Waals surface area contributed by atoms with Crippen molar-refractivity contribution in [1.82, 2.24) is 4.98 Å². The summed E-state index contributed by atoms with van der Waals surface area (Å²) in [5.41, 5.74) is 1.69. The van der Waals surface area contributed by atoms with Gasteiger partial charge in [0.2, 0.25) is 0 Å². The molecule has 17 heavy (non-hydrogen) atoms. The second-order valence-electron chi connectivity index (χ2n) is 4.94. The number of pyridine rings is 1. The van der Waals surface area contributed by atoms with E-state index in [1.165, 1.54) is 25.7 Å². The Morgan fingerprint density at radius 3 is 2.88 bits per heavy atom. The van der Waals surface area contributed by atoms with Gasteiger partial charge in [0.1, 0.15) is 6.07 Å². The highest BCUT2D eigenvalue weighted by molar-refractivity contribution is 5.57. The van der Waals surface area contributed by atoms with Crippen molar-refractivity contribution >= 4 is 5.69 Å². The van der Waals surface area contributed by atoms with E-state index in [1.54, 1.807) is 18.5 Å². The van der Waals surface area contributed by atoms with Gasteiger partial charge < -0.3 is 4.90 Å². The number of rotatable bonds is 2. The van der Waals surface area contributed by atoms with Crippen molar-refractivity contribution in [2.75, 3.05) is 11.9 Å². The molecule has 2 rings (SSSR count). The lowest BCUT2D eigenvalue weighted by Crippen LogP contribution is -2.39. The Balaban J connectivity index is 2.24. The summed E-state index contributed by atoms with van der Waals surface area (Å²) in [6, 6.07) is 4.58. The third-order valence-electron chi connectivity index (χ3n) is 3.86. The van der Waals surface area contributed by atoms with Crippen LogP contribution in [0.2, 0.25) is 0 Å². The molecule has 1 aromatic heterocycles. The van der Waals surface area contributed by atoms with E-state index in [0.29, 0.717) is 12.0 Å². The number of anilines is 1. The quantitative estimate of drug-likeness (QED) is 0.782. The van der Waals surface area contributed by atoms with Crippen LogP contribution in [-0.2, 0) is 0 Å². The molecule has 2 atom stereocenters. The molecule has 1 saturated carbocycles. The number of hydrogen-bond acceptors (Lipinski definition) is 3. The van der Waals surface area contributed by atoms with Crippen LogP contribution in [0, 0.1) is 17.2 Å². The van der Waals surface area contributed by atoms with E-state index < -0.39 is 0 Å². The van der Waals surface area contributed by atoms with Crippen LogP contribution in [-0.4, -0.2) is 18.1 Å². The first-order valence-corrected chi connectivity index (χ1v) is 6.31. The molecule has 0 aromatic carbocycles. The topological polar surface area (TPSA) is 39.9 Å². The molecule has 2 unspecified atom stereocenters. The number of nitriles is 1. The molecule has 1 fully saturated rings. The minimum absolute atomic E-state index is 0.542. The monoisotopic (exact) mass is 229 g/mol. The molecule has 1 aromatic rings. The standard InChI is InChI=1S/C14H19N3/c1-11-5-3-4-6-13(11)17(2)14-10-16-8-7-12(14)9-15/h7-8,10-11,13H,3-6H2,1-2H3. The van der Waals surface area contributed by atoms with E-state index in [4.69, 9.17) is 5.26 Å². The molecule has 90 valence electrons. The van der Waals surface area contributed by atoms with Crippen LogP contribution >= 0.6 is 0 Å². The lowest BCUT2D eigenvalue weighted by atomic mass is 9.85. The molecule has 0 aliphatic heterocycles. The van der Waals surface area contributed by atoms with E-state index in [-0.39, 0.29) is 0 Å². The van der Waals surface area contributed by atoms with Crippen LogP contribution in [0.1, 0.15) is 38.2 Å². The summed E-state index contributed by atoms with van der Waals surface area (Å²) in [5, 5.41) is 9.13. The van der Waals surface area contributed by atoms with Gasteiger partial charge in [0.15, 0.2) is 0 Å². The van der Waals surface area contributed by atoms with Gasteiger partial charge in [-0.05, 0) is 24.8 Å². The summed E-state index contributed by atoms with van der Waals surface area (Å²) < 4.78 is 0. The molecule has 0 N–H and O–H groups in total. The molecule has 1 aliphatic carbocycles. The highest BCUT2D eigenvalue weighted by Gasteiger charge is 2.26. The van der Waals surface area contributed by atoms with Crippen LogP contribution in [0.15, 0.2) is 18.5 Å². The average Bonchev–Trinajstić information content (AvgIpc) is 2.38.